The Hall–Kier alpha value is -1.88. The summed E-state index contributed by atoms with van der Waals surface area (Å²) in [6, 6.07) is 7.33. The minimum absolute atomic E-state index is 0.208. The molecule has 98 valence electrons. The van der Waals surface area contributed by atoms with Crippen LogP contribution in [-0.4, -0.2) is 16.1 Å². The van der Waals surface area contributed by atoms with Crippen molar-refractivity contribution in [1.29, 1.82) is 0 Å². The zero-order chi connectivity index (χ0) is 13.8. The summed E-state index contributed by atoms with van der Waals surface area (Å²) in [7, 11) is 0. The Kier molecular flexibility index (Phi) is 4.16. The molecule has 0 unspecified atom stereocenters. The standard InChI is InChI=1S/C14H13BrN2O2/c1-2-9-7-10(15)3-4-12(9)17-13-8-16-6-5-11(13)14(18)19/h3-8,17H,2H2,1H3,(H,18,19). The zero-order valence-corrected chi connectivity index (χ0v) is 11.9. The van der Waals surface area contributed by atoms with E-state index >= 15 is 0 Å². The number of carboxylic acid groups (broad SMARTS) is 1. The molecular weight excluding hydrogens is 308 g/mol. The predicted octanol–water partition coefficient (Wildman–Crippen LogP) is 3.85. The number of nitrogens with one attached hydrogen (secondary N) is 1. The van der Waals surface area contributed by atoms with Crippen LogP contribution in [0.3, 0.4) is 0 Å². The lowest BCUT2D eigenvalue weighted by Crippen LogP contribution is -2.04. The molecule has 0 fully saturated rings. The second kappa shape index (κ2) is 5.84. The van der Waals surface area contributed by atoms with Crippen LogP contribution in [0, 0.1) is 0 Å². The van der Waals surface area contributed by atoms with Gasteiger partial charge in [0, 0.05) is 16.4 Å². The van der Waals surface area contributed by atoms with E-state index in [0.29, 0.717) is 5.69 Å². The summed E-state index contributed by atoms with van der Waals surface area (Å²) in [4.78, 5) is 15.1. The molecule has 0 aliphatic heterocycles. The number of hydrogen-bond acceptors (Lipinski definition) is 3. The molecule has 2 N–H and O–H groups in total. The third-order valence-electron chi connectivity index (χ3n) is 2.77. The molecule has 0 radical (unpaired) electrons. The molecule has 0 amide bonds. The van der Waals surface area contributed by atoms with Gasteiger partial charge in [-0.3, -0.25) is 4.98 Å². The minimum atomic E-state index is -0.972. The number of benzene rings is 1. The summed E-state index contributed by atoms with van der Waals surface area (Å²) < 4.78 is 1.000. The number of pyridine rings is 1. The number of aryl methyl sites for hydroxylation is 1. The van der Waals surface area contributed by atoms with E-state index in [4.69, 9.17) is 5.11 Å². The van der Waals surface area contributed by atoms with Crippen LogP contribution < -0.4 is 5.32 Å². The van der Waals surface area contributed by atoms with Gasteiger partial charge in [-0.25, -0.2) is 4.79 Å². The molecule has 0 aliphatic carbocycles. The van der Waals surface area contributed by atoms with Gasteiger partial charge < -0.3 is 10.4 Å². The highest BCUT2D eigenvalue weighted by molar-refractivity contribution is 9.10. The first-order valence-electron chi connectivity index (χ1n) is 5.84. The summed E-state index contributed by atoms with van der Waals surface area (Å²) in [5.74, 6) is -0.972. The molecule has 0 bridgehead atoms. The Labute approximate surface area is 119 Å². The van der Waals surface area contributed by atoms with E-state index in [2.05, 4.69) is 26.2 Å². The van der Waals surface area contributed by atoms with E-state index < -0.39 is 5.97 Å². The van der Waals surface area contributed by atoms with Crippen molar-refractivity contribution < 1.29 is 9.90 Å². The van der Waals surface area contributed by atoms with Gasteiger partial charge in [0.25, 0.3) is 0 Å². The number of halogens is 1. The normalized spacial score (nSPS) is 10.2. The second-order valence-electron chi connectivity index (χ2n) is 4.01. The Bertz CT molecular complexity index is 614. The van der Waals surface area contributed by atoms with Gasteiger partial charge in [0.2, 0.25) is 0 Å². The van der Waals surface area contributed by atoms with Crippen molar-refractivity contribution in [2.24, 2.45) is 0 Å². The van der Waals surface area contributed by atoms with Crippen molar-refractivity contribution >= 4 is 33.3 Å². The summed E-state index contributed by atoms with van der Waals surface area (Å²) in [6.45, 7) is 2.05. The molecular formula is C14H13BrN2O2. The Morgan fingerprint density at radius 1 is 1.37 bits per heavy atom. The lowest BCUT2D eigenvalue weighted by Gasteiger charge is -2.13. The average molecular weight is 321 g/mol. The first kappa shape index (κ1) is 13.5. The third kappa shape index (κ3) is 3.12. The summed E-state index contributed by atoms with van der Waals surface area (Å²) in [6.07, 6.45) is 3.84. The number of aromatic nitrogens is 1. The number of rotatable bonds is 4. The van der Waals surface area contributed by atoms with Crippen molar-refractivity contribution in [3.8, 4) is 0 Å². The highest BCUT2D eigenvalue weighted by Gasteiger charge is 2.11. The van der Waals surface area contributed by atoms with Gasteiger partial charge in [0.15, 0.2) is 0 Å². The fourth-order valence-corrected chi connectivity index (χ4v) is 2.21. The summed E-state index contributed by atoms with van der Waals surface area (Å²) in [5.41, 5.74) is 2.70. The SMILES string of the molecule is CCc1cc(Br)ccc1Nc1cnccc1C(=O)O. The Morgan fingerprint density at radius 3 is 2.84 bits per heavy atom. The van der Waals surface area contributed by atoms with Crippen LogP contribution in [0.25, 0.3) is 0 Å². The van der Waals surface area contributed by atoms with Gasteiger partial charge in [-0.05, 0) is 36.2 Å². The highest BCUT2D eigenvalue weighted by atomic mass is 79.9. The molecule has 4 nitrogen and oxygen atoms in total. The third-order valence-corrected chi connectivity index (χ3v) is 3.26. The van der Waals surface area contributed by atoms with E-state index in [1.165, 1.54) is 18.5 Å². The molecule has 0 atom stereocenters. The van der Waals surface area contributed by atoms with E-state index in [-0.39, 0.29) is 5.56 Å². The van der Waals surface area contributed by atoms with Crippen LogP contribution in [0.5, 0.6) is 0 Å². The van der Waals surface area contributed by atoms with Crippen LogP contribution in [-0.2, 0) is 6.42 Å². The van der Waals surface area contributed by atoms with Crippen molar-refractivity contribution in [3.05, 3.63) is 52.3 Å². The van der Waals surface area contributed by atoms with E-state index in [9.17, 15) is 4.79 Å². The van der Waals surface area contributed by atoms with Gasteiger partial charge in [0.05, 0.1) is 17.4 Å². The first-order chi connectivity index (χ1) is 9.11. The minimum Gasteiger partial charge on any atom is -0.478 e. The van der Waals surface area contributed by atoms with Crippen LogP contribution >= 0.6 is 15.9 Å². The monoisotopic (exact) mass is 320 g/mol. The van der Waals surface area contributed by atoms with Crippen molar-refractivity contribution in [3.63, 3.8) is 0 Å². The molecule has 1 aromatic carbocycles. The first-order valence-corrected chi connectivity index (χ1v) is 6.64. The molecule has 19 heavy (non-hydrogen) atoms. The molecule has 1 aromatic heterocycles. The smallest absolute Gasteiger partial charge is 0.337 e. The van der Waals surface area contributed by atoms with Crippen LogP contribution in [0.2, 0.25) is 0 Å². The quantitative estimate of drug-likeness (QED) is 0.898. The van der Waals surface area contributed by atoms with Gasteiger partial charge in [-0.1, -0.05) is 22.9 Å². The summed E-state index contributed by atoms with van der Waals surface area (Å²) >= 11 is 3.43. The van der Waals surface area contributed by atoms with Crippen molar-refractivity contribution in [2.45, 2.75) is 13.3 Å². The molecule has 1 heterocycles. The van der Waals surface area contributed by atoms with Gasteiger partial charge in [-0.15, -0.1) is 0 Å². The lowest BCUT2D eigenvalue weighted by molar-refractivity contribution is 0.0698. The lowest BCUT2D eigenvalue weighted by atomic mass is 10.1. The predicted molar refractivity (Wildman–Crippen MR) is 78.0 cm³/mol. The number of aromatic carboxylic acids is 1. The van der Waals surface area contributed by atoms with Crippen LogP contribution in [0.4, 0.5) is 11.4 Å². The Morgan fingerprint density at radius 2 is 2.16 bits per heavy atom. The van der Waals surface area contributed by atoms with Crippen LogP contribution in [0.1, 0.15) is 22.8 Å². The number of carbonyl (C=O) groups is 1. The van der Waals surface area contributed by atoms with E-state index in [1.807, 2.05) is 25.1 Å². The molecule has 0 saturated heterocycles. The largest absolute Gasteiger partial charge is 0.478 e. The molecule has 2 rings (SSSR count). The fourth-order valence-electron chi connectivity index (χ4n) is 1.80. The fraction of sp³-hybridized carbons (Fsp3) is 0.143. The van der Waals surface area contributed by atoms with Gasteiger partial charge in [0.1, 0.15) is 0 Å². The van der Waals surface area contributed by atoms with Crippen molar-refractivity contribution in [1.82, 2.24) is 4.98 Å². The zero-order valence-electron chi connectivity index (χ0n) is 10.4. The molecule has 0 aliphatic rings. The molecule has 5 heteroatoms. The number of anilines is 2. The average Bonchev–Trinajstić information content (AvgIpc) is 2.41. The number of carboxylic acids is 1. The van der Waals surface area contributed by atoms with E-state index in [1.54, 1.807) is 0 Å². The summed E-state index contributed by atoms with van der Waals surface area (Å²) in [5, 5.41) is 12.3. The van der Waals surface area contributed by atoms with Crippen molar-refractivity contribution in [2.75, 3.05) is 5.32 Å². The van der Waals surface area contributed by atoms with Gasteiger partial charge >= 0.3 is 5.97 Å². The number of nitrogens with zero attached hydrogens (tertiary/aromatic N) is 1. The molecule has 2 aromatic rings. The topological polar surface area (TPSA) is 62.2 Å². The Balaban J connectivity index is 2.39. The molecule has 0 spiro atoms. The van der Waals surface area contributed by atoms with Crippen LogP contribution in [0.15, 0.2) is 41.1 Å². The second-order valence-corrected chi connectivity index (χ2v) is 4.92. The maximum Gasteiger partial charge on any atom is 0.337 e. The van der Waals surface area contributed by atoms with Gasteiger partial charge in [-0.2, -0.15) is 0 Å². The maximum atomic E-state index is 11.1. The maximum absolute atomic E-state index is 11.1. The van der Waals surface area contributed by atoms with E-state index in [0.717, 1.165) is 22.1 Å². The highest BCUT2D eigenvalue weighted by Crippen LogP contribution is 2.26. The molecule has 0 saturated carbocycles. The number of hydrogen-bond donors (Lipinski definition) is 2.